The summed E-state index contributed by atoms with van der Waals surface area (Å²) in [4.78, 5) is 29.0. The van der Waals surface area contributed by atoms with Gasteiger partial charge in [0.2, 0.25) is 5.76 Å². The van der Waals surface area contributed by atoms with Crippen molar-refractivity contribution < 1.29 is 13.9 Å². The average molecular weight is 350 g/mol. The van der Waals surface area contributed by atoms with Crippen molar-refractivity contribution in [2.45, 2.75) is 19.9 Å². The summed E-state index contributed by atoms with van der Waals surface area (Å²) in [5.74, 6) is -0.0118. The zero-order chi connectivity index (χ0) is 16.6. The zero-order valence-corrected chi connectivity index (χ0v) is 14.2. The summed E-state index contributed by atoms with van der Waals surface area (Å²) in [5.41, 5.74) is -0.171. The van der Waals surface area contributed by atoms with Crippen LogP contribution in [0, 0.1) is 4.77 Å². The minimum absolute atomic E-state index is 0.0929. The number of ether oxygens (including phenoxy) is 1. The second kappa shape index (κ2) is 6.13. The van der Waals surface area contributed by atoms with E-state index in [1.165, 1.54) is 29.1 Å². The molecule has 0 aliphatic rings. The van der Waals surface area contributed by atoms with Gasteiger partial charge in [-0.25, -0.2) is 4.79 Å². The van der Waals surface area contributed by atoms with Crippen LogP contribution in [-0.2, 0) is 17.7 Å². The van der Waals surface area contributed by atoms with E-state index in [2.05, 4.69) is 9.72 Å². The molecule has 0 aromatic carbocycles. The normalized spacial score (nSPS) is 11.0. The first-order chi connectivity index (χ1) is 11.0. The third kappa shape index (κ3) is 2.87. The van der Waals surface area contributed by atoms with E-state index in [4.69, 9.17) is 16.6 Å². The average Bonchev–Trinajstić information content (AvgIpc) is 3.17. The summed E-state index contributed by atoms with van der Waals surface area (Å²) in [7, 11) is 1.28. The van der Waals surface area contributed by atoms with Gasteiger partial charge in [0.1, 0.15) is 10.6 Å². The molecule has 0 aliphatic heterocycles. The Hall–Kier alpha value is -2.19. The summed E-state index contributed by atoms with van der Waals surface area (Å²) in [5, 5.41) is 0.611. The van der Waals surface area contributed by atoms with Gasteiger partial charge in [0, 0.05) is 4.88 Å². The lowest BCUT2D eigenvalue weighted by molar-refractivity contribution is 0.0563. The lowest BCUT2D eigenvalue weighted by atomic mass is 10.3. The molecular formula is C15H14N2O4S2. The number of carbonyl (C=O) groups is 1. The van der Waals surface area contributed by atoms with Crippen LogP contribution in [0.1, 0.15) is 28.1 Å². The van der Waals surface area contributed by atoms with Gasteiger partial charge in [-0.2, -0.15) is 0 Å². The Morgan fingerprint density at radius 3 is 2.96 bits per heavy atom. The number of aromatic nitrogens is 2. The molecule has 0 bridgehead atoms. The molecule has 8 heteroatoms. The molecule has 3 rings (SSSR count). The minimum Gasteiger partial charge on any atom is -0.463 e. The van der Waals surface area contributed by atoms with Gasteiger partial charge in [0.05, 0.1) is 19.0 Å². The van der Waals surface area contributed by atoms with Gasteiger partial charge < -0.3 is 14.1 Å². The van der Waals surface area contributed by atoms with Crippen LogP contribution in [-0.4, -0.2) is 22.6 Å². The molecule has 0 aliphatic carbocycles. The Morgan fingerprint density at radius 1 is 1.48 bits per heavy atom. The van der Waals surface area contributed by atoms with Crippen molar-refractivity contribution in [3.8, 4) is 0 Å². The number of nitrogens with one attached hydrogen (secondary N) is 1. The Bertz CT molecular complexity index is 993. The molecule has 0 unspecified atom stereocenters. The van der Waals surface area contributed by atoms with Crippen LogP contribution < -0.4 is 5.56 Å². The highest BCUT2D eigenvalue weighted by atomic mass is 32.1. The van der Waals surface area contributed by atoms with Crippen molar-refractivity contribution in [3.05, 3.63) is 49.7 Å². The molecular weight excluding hydrogens is 336 g/mol. The number of nitrogens with zero attached hydrogens (tertiary/aromatic N) is 1. The quantitative estimate of drug-likeness (QED) is 0.578. The molecule has 3 aromatic rings. The van der Waals surface area contributed by atoms with E-state index in [0.717, 1.165) is 16.1 Å². The first-order valence-electron chi connectivity index (χ1n) is 6.96. The number of carbonyl (C=O) groups excluding carboxylic acids is 1. The number of aromatic amines is 1. The minimum atomic E-state index is -0.561. The fourth-order valence-corrected chi connectivity index (χ4v) is 3.54. The first kappa shape index (κ1) is 15.7. The summed E-state index contributed by atoms with van der Waals surface area (Å²) >= 11 is 6.81. The molecule has 3 aromatic heterocycles. The highest BCUT2D eigenvalue weighted by Gasteiger charge is 2.14. The van der Waals surface area contributed by atoms with E-state index in [0.29, 0.717) is 15.9 Å². The van der Waals surface area contributed by atoms with Gasteiger partial charge in [0.15, 0.2) is 4.77 Å². The molecule has 0 radical (unpaired) electrons. The number of esters is 1. The third-order valence-electron chi connectivity index (χ3n) is 3.43. The molecule has 0 amide bonds. The van der Waals surface area contributed by atoms with Crippen molar-refractivity contribution in [3.63, 3.8) is 0 Å². The molecule has 0 saturated carbocycles. The lowest BCUT2D eigenvalue weighted by Crippen LogP contribution is -2.21. The van der Waals surface area contributed by atoms with Crippen molar-refractivity contribution in [1.29, 1.82) is 0 Å². The number of rotatable bonds is 4. The Labute approximate surface area is 140 Å². The second-order valence-corrected chi connectivity index (χ2v) is 6.41. The summed E-state index contributed by atoms with van der Waals surface area (Å²) in [6.07, 6.45) is 0.861. The number of methoxy groups -OCH3 is 1. The van der Waals surface area contributed by atoms with E-state index in [1.807, 2.05) is 13.0 Å². The van der Waals surface area contributed by atoms with Gasteiger partial charge in [-0.3, -0.25) is 9.36 Å². The lowest BCUT2D eigenvalue weighted by Gasteiger charge is -2.04. The molecule has 0 saturated heterocycles. The topological polar surface area (TPSA) is 77.2 Å². The fourth-order valence-electron chi connectivity index (χ4n) is 2.24. The maximum atomic E-state index is 12.6. The highest BCUT2D eigenvalue weighted by Crippen LogP contribution is 2.21. The number of hydrogen-bond acceptors (Lipinski definition) is 6. The molecule has 0 fully saturated rings. The molecule has 1 N–H and O–H groups in total. The molecule has 0 spiro atoms. The Balaban J connectivity index is 2.03. The van der Waals surface area contributed by atoms with E-state index in [9.17, 15) is 9.59 Å². The number of H-pyrrole nitrogens is 1. The van der Waals surface area contributed by atoms with Crippen molar-refractivity contribution in [2.24, 2.45) is 0 Å². The predicted molar refractivity (Wildman–Crippen MR) is 89.8 cm³/mol. The maximum absolute atomic E-state index is 12.6. The van der Waals surface area contributed by atoms with E-state index < -0.39 is 5.97 Å². The van der Waals surface area contributed by atoms with Crippen LogP contribution in [0.25, 0.3) is 10.2 Å². The van der Waals surface area contributed by atoms with Crippen LogP contribution in [0.15, 0.2) is 27.4 Å². The van der Waals surface area contributed by atoms with Gasteiger partial charge in [0.25, 0.3) is 5.56 Å². The molecule has 23 heavy (non-hydrogen) atoms. The van der Waals surface area contributed by atoms with Crippen LogP contribution >= 0.6 is 23.6 Å². The molecule has 6 nitrogen and oxygen atoms in total. The summed E-state index contributed by atoms with van der Waals surface area (Å²) < 4.78 is 11.7. The number of furan rings is 1. The van der Waals surface area contributed by atoms with Crippen molar-refractivity contribution in [2.75, 3.05) is 7.11 Å². The van der Waals surface area contributed by atoms with Crippen LogP contribution in [0.3, 0.4) is 0 Å². The smallest absolute Gasteiger partial charge is 0.373 e. The number of hydrogen-bond donors (Lipinski definition) is 1. The summed E-state index contributed by atoms with van der Waals surface area (Å²) in [6.45, 7) is 2.19. The van der Waals surface area contributed by atoms with E-state index in [-0.39, 0.29) is 17.9 Å². The van der Waals surface area contributed by atoms with Gasteiger partial charge in [-0.15, -0.1) is 11.3 Å². The SMILES string of the molecule is CCc1cc2c(=O)n(Cc3ccc(C(=O)OC)o3)c(=S)[nH]c2s1. The van der Waals surface area contributed by atoms with Crippen molar-refractivity contribution in [1.82, 2.24) is 9.55 Å². The van der Waals surface area contributed by atoms with Gasteiger partial charge >= 0.3 is 5.97 Å². The van der Waals surface area contributed by atoms with Gasteiger partial charge in [-0.05, 0) is 36.8 Å². The monoisotopic (exact) mass is 350 g/mol. The van der Waals surface area contributed by atoms with Gasteiger partial charge in [-0.1, -0.05) is 6.92 Å². The molecule has 3 heterocycles. The fraction of sp³-hybridized carbons (Fsp3) is 0.267. The van der Waals surface area contributed by atoms with Crippen LogP contribution in [0.2, 0.25) is 0 Å². The first-order valence-corrected chi connectivity index (χ1v) is 8.18. The zero-order valence-electron chi connectivity index (χ0n) is 12.5. The summed E-state index contributed by atoms with van der Waals surface area (Å²) in [6, 6.07) is 5.02. The third-order valence-corrected chi connectivity index (χ3v) is 4.95. The number of fused-ring (bicyclic) bond motifs is 1. The standard InChI is InChI=1S/C15H14N2O4S2/c1-3-9-6-10-12(23-9)16-15(22)17(13(10)18)7-8-4-5-11(21-8)14(19)20-2/h4-6H,3,7H2,1-2H3,(H,16,22). The molecule has 120 valence electrons. The predicted octanol–water partition coefficient (Wildman–Crippen LogP) is 3.11. The van der Waals surface area contributed by atoms with E-state index in [1.54, 1.807) is 6.07 Å². The molecule has 0 atom stereocenters. The maximum Gasteiger partial charge on any atom is 0.373 e. The Kier molecular flexibility index (Phi) is 4.18. The highest BCUT2D eigenvalue weighted by molar-refractivity contribution is 7.71. The Morgan fingerprint density at radius 2 is 2.26 bits per heavy atom. The number of aryl methyl sites for hydroxylation is 1. The number of thiophene rings is 1. The van der Waals surface area contributed by atoms with E-state index >= 15 is 0 Å². The van der Waals surface area contributed by atoms with Crippen LogP contribution in [0.4, 0.5) is 0 Å². The second-order valence-electron chi connectivity index (χ2n) is 4.89. The largest absolute Gasteiger partial charge is 0.463 e. The van der Waals surface area contributed by atoms with Crippen LogP contribution in [0.5, 0.6) is 0 Å². The van der Waals surface area contributed by atoms with Crippen molar-refractivity contribution >= 4 is 39.7 Å².